The molecule has 0 saturated carbocycles. The van der Waals surface area contributed by atoms with Gasteiger partial charge in [-0.1, -0.05) is 17.7 Å². The highest BCUT2D eigenvalue weighted by atomic mass is 35.5. The molecule has 0 unspecified atom stereocenters. The lowest BCUT2D eigenvalue weighted by Crippen LogP contribution is -2.44. The SMILES string of the molecule is COc1cccc(F)c1-c1c(Cl)cc2c(N3CCNCC3)nc(P(C)(C)=O)nc2c1F. The fourth-order valence-electron chi connectivity index (χ4n) is 3.67. The molecule has 1 aromatic heterocycles. The second-order valence-corrected chi connectivity index (χ2v) is 11.2. The summed E-state index contributed by atoms with van der Waals surface area (Å²) in [5, 5.41) is 3.66. The number of hydrogen-bond acceptors (Lipinski definition) is 6. The Morgan fingerprint density at radius 2 is 1.87 bits per heavy atom. The molecule has 3 aromatic rings. The number of piperazine rings is 1. The van der Waals surface area contributed by atoms with Gasteiger partial charge in [0.2, 0.25) is 0 Å². The second-order valence-electron chi connectivity index (χ2n) is 7.70. The smallest absolute Gasteiger partial charge is 0.191 e. The maximum Gasteiger partial charge on any atom is 0.191 e. The Kier molecular flexibility index (Phi) is 5.90. The molecule has 0 atom stereocenters. The van der Waals surface area contributed by atoms with Crippen LogP contribution in [0.25, 0.3) is 22.0 Å². The van der Waals surface area contributed by atoms with Crippen LogP contribution in [0.4, 0.5) is 14.6 Å². The summed E-state index contributed by atoms with van der Waals surface area (Å²) in [6.07, 6.45) is 0. The minimum atomic E-state index is -2.91. The van der Waals surface area contributed by atoms with Crippen molar-refractivity contribution >= 4 is 41.0 Å². The number of nitrogens with zero attached hydrogens (tertiary/aromatic N) is 3. The fourth-order valence-corrected chi connectivity index (χ4v) is 4.64. The molecule has 2 heterocycles. The summed E-state index contributed by atoms with van der Waals surface area (Å²) in [7, 11) is -1.53. The van der Waals surface area contributed by atoms with Crippen molar-refractivity contribution in [3.05, 3.63) is 40.9 Å². The molecular formula is C21H22ClF2N4O2P. The van der Waals surface area contributed by atoms with Crippen molar-refractivity contribution < 1.29 is 18.1 Å². The van der Waals surface area contributed by atoms with Crippen LogP contribution in [0.5, 0.6) is 5.75 Å². The molecule has 1 fully saturated rings. The van der Waals surface area contributed by atoms with Gasteiger partial charge in [0.15, 0.2) is 11.4 Å². The summed E-state index contributed by atoms with van der Waals surface area (Å²) in [5.74, 6) is -0.862. The number of nitrogens with one attached hydrogen (secondary N) is 1. The largest absolute Gasteiger partial charge is 0.496 e. The lowest BCUT2D eigenvalue weighted by atomic mass is 10.0. The van der Waals surface area contributed by atoms with Crippen molar-refractivity contribution in [2.24, 2.45) is 0 Å². The Morgan fingerprint density at radius 3 is 2.52 bits per heavy atom. The molecular weight excluding hydrogens is 445 g/mol. The number of benzene rings is 2. The Bertz CT molecular complexity index is 1210. The van der Waals surface area contributed by atoms with Gasteiger partial charge in [-0.05, 0) is 31.5 Å². The van der Waals surface area contributed by atoms with Crippen LogP contribution in [0, 0.1) is 11.6 Å². The van der Waals surface area contributed by atoms with Crippen LogP contribution in [0.15, 0.2) is 24.3 Å². The highest BCUT2D eigenvalue weighted by molar-refractivity contribution is 7.69. The van der Waals surface area contributed by atoms with E-state index in [1.165, 1.54) is 38.6 Å². The molecule has 0 aliphatic carbocycles. The van der Waals surface area contributed by atoms with Crippen molar-refractivity contribution in [2.75, 3.05) is 51.5 Å². The van der Waals surface area contributed by atoms with Crippen molar-refractivity contribution in [2.45, 2.75) is 0 Å². The number of halogens is 3. The summed E-state index contributed by atoms with van der Waals surface area (Å²) < 4.78 is 48.7. The zero-order chi connectivity index (χ0) is 22.3. The van der Waals surface area contributed by atoms with Gasteiger partial charge in [0.05, 0.1) is 17.7 Å². The number of methoxy groups -OCH3 is 1. The molecule has 0 bridgehead atoms. The lowest BCUT2D eigenvalue weighted by Gasteiger charge is -2.30. The van der Waals surface area contributed by atoms with E-state index in [0.29, 0.717) is 24.3 Å². The van der Waals surface area contributed by atoms with E-state index < -0.39 is 18.8 Å². The van der Waals surface area contributed by atoms with Gasteiger partial charge < -0.3 is 19.5 Å². The number of ether oxygens (including phenoxy) is 1. The van der Waals surface area contributed by atoms with Gasteiger partial charge in [0.1, 0.15) is 30.0 Å². The molecule has 0 spiro atoms. The van der Waals surface area contributed by atoms with Crippen LogP contribution in [-0.2, 0) is 4.57 Å². The van der Waals surface area contributed by atoms with Crippen molar-refractivity contribution in [3.63, 3.8) is 0 Å². The molecule has 31 heavy (non-hydrogen) atoms. The summed E-state index contributed by atoms with van der Waals surface area (Å²) in [6, 6.07) is 5.75. The summed E-state index contributed by atoms with van der Waals surface area (Å²) in [4.78, 5) is 10.8. The average Bonchev–Trinajstić information content (AvgIpc) is 2.74. The predicted molar refractivity (Wildman–Crippen MR) is 121 cm³/mol. The first-order chi connectivity index (χ1) is 14.7. The Labute approximate surface area is 184 Å². The monoisotopic (exact) mass is 466 g/mol. The van der Waals surface area contributed by atoms with Crippen molar-refractivity contribution in [1.29, 1.82) is 0 Å². The molecule has 0 amide bonds. The Balaban J connectivity index is 2.06. The van der Waals surface area contributed by atoms with Crippen LogP contribution in [0.2, 0.25) is 5.02 Å². The van der Waals surface area contributed by atoms with E-state index in [1.54, 1.807) is 6.07 Å². The van der Waals surface area contributed by atoms with Gasteiger partial charge in [-0.25, -0.2) is 18.7 Å². The predicted octanol–water partition coefficient (Wildman–Crippen LogP) is 3.89. The molecule has 10 heteroatoms. The third-order valence-electron chi connectivity index (χ3n) is 5.19. The normalized spacial score (nSPS) is 14.8. The highest BCUT2D eigenvalue weighted by Gasteiger charge is 2.27. The van der Waals surface area contributed by atoms with E-state index in [0.717, 1.165) is 13.1 Å². The van der Waals surface area contributed by atoms with Crippen LogP contribution < -0.4 is 20.5 Å². The van der Waals surface area contributed by atoms with E-state index in [9.17, 15) is 8.96 Å². The van der Waals surface area contributed by atoms with Gasteiger partial charge in [-0.3, -0.25) is 0 Å². The molecule has 1 saturated heterocycles. The number of hydrogen-bond donors (Lipinski definition) is 1. The van der Waals surface area contributed by atoms with E-state index in [-0.39, 0.29) is 33.0 Å². The topological polar surface area (TPSA) is 67.3 Å². The minimum absolute atomic E-state index is 0.0114. The first-order valence-corrected chi connectivity index (χ1v) is 12.7. The van der Waals surface area contributed by atoms with Gasteiger partial charge in [0.25, 0.3) is 0 Å². The number of anilines is 1. The Hall–Kier alpha value is -2.28. The van der Waals surface area contributed by atoms with E-state index >= 15 is 4.39 Å². The average molecular weight is 467 g/mol. The molecule has 1 aliphatic heterocycles. The number of aromatic nitrogens is 2. The van der Waals surface area contributed by atoms with Crippen LogP contribution >= 0.6 is 18.7 Å². The molecule has 4 rings (SSSR count). The molecule has 1 N–H and O–H groups in total. The zero-order valence-electron chi connectivity index (χ0n) is 17.4. The lowest BCUT2D eigenvalue weighted by molar-refractivity contribution is 0.413. The summed E-state index contributed by atoms with van der Waals surface area (Å²) >= 11 is 6.48. The maximum atomic E-state index is 15.9. The van der Waals surface area contributed by atoms with Crippen LogP contribution in [-0.4, -0.2) is 56.6 Å². The second kappa shape index (κ2) is 8.34. The molecule has 6 nitrogen and oxygen atoms in total. The van der Waals surface area contributed by atoms with Crippen molar-refractivity contribution in [1.82, 2.24) is 15.3 Å². The standard InChI is InChI=1S/C21H22ClF2N4O2P/c1-30-15-6-4-5-14(23)17(15)16-13(22)11-12-19(18(16)24)26-21(31(2,3)29)27-20(12)28-9-7-25-8-10-28/h4-6,11,25H,7-10H2,1-3H3. The van der Waals surface area contributed by atoms with Crippen LogP contribution in [0.1, 0.15) is 0 Å². The third-order valence-corrected chi connectivity index (χ3v) is 6.66. The van der Waals surface area contributed by atoms with E-state index in [4.69, 9.17) is 16.3 Å². The van der Waals surface area contributed by atoms with Gasteiger partial charge in [-0.15, -0.1) is 0 Å². The highest BCUT2D eigenvalue weighted by Crippen LogP contribution is 2.43. The zero-order valence-corrected chi connectivity index (χ0v) is 19.0. The van der Waals surface area contributed by atoms with Crippen molar-refractivity contribution in [3.8, 4) is 16.9 Å². The summed E-state index contributed by atoms with van der Waals surface area (Å²) in [6.45, 7) is 5.82. The quantitative estimate of drug-likeness (QED) is 0.588. The number of fused-ring (bicyclic) bond motifs is 1. The first-order valence-electron chi connectivity index (χ1n) is 9.76. The molecule has 1 aliphatic rings. The maximum absolute atomic E-state index is 15.9. The van der Waals surface area contributed by atoms with Gasteiger partial charge >= 0.3 is 0 Å². The molecule has 2 aromatic carbocycles. The number of rotatable bonds is 4. The van der Waals surface area contributed by atoms with E-state index in [1.807, 2.05) is 4.90 Å². The Morgan fingerprint density at radius 1 is 1.16 bits per heavy atom. The third kappa shape index (κ3) is 4.00. The summed E-state index contributed by atoms with van der Waals surface area (Å²) in [5.41, 5.74) is -0.218. The molecule has 164 valence electrons. The van der Waals surface area contributed by atoms with Gasteiger partial charge in [-0.2, -0.15) is 0 Å². The van der Waals surface area contributed by atoms with E-state index in [2.05, 4.69) is 15.3 Å². The fraction of sp³-hybridized carbons (Fsp3) is 0.333. The first kappa shape index (κ1) is 21.9. The minimum Gasteiger partial charge on any atom is -0.496 e. The van der Waals surface area contributed by atoms with Gasteiger partial charge in [0, 0.05) is 37.1 Å². The van der Waals surface area contributed by atoms with Crippen LogP contribution in [0.3, 0.4) is 0 Å². The molecule has 0 radical (unpaired) electrons.